The number of para-hydroxylation sites is 1. The zero-order valence-corrected chi connectivity index (χ0v) is 11.7. The first-order chi connectivity index (χ1) is 10.1. The molecule has 0 spiro atoms. The second-order valence-corrected chi connectivity index (χ2v) is 4.98. The van der Waals surface area contributed by atoms with Crippen molar-refractivity contribution in [1.82, 2.24) is 0 Å². The van der Waals surface area contributed by atoms with E-state index in [-0.39, 0.29) is 37.4 Å². The maximum Gasteiger partial charge on any atom is 0.309 e. The molecule has 6 nitrogen and oxygen atoms in total. The fourth-order valence-corrected chi connectivity index (χ4v) is 1.88. The molecule has 1 saturated carbocycles. The molecule has 2 rings (SSSR count). The lowest BCUT2D eigenvalue weighted by molar-refractivity contribution is -0.149. The molecule has 1 aromatic rings. The van der Waals surface area contributed by atoms with E-state index in [1.165, 1.54) is 4.90 Å². The number of benzene rings is 1. The van der Waals surface area contributed by atoms with Gasteiger partial charge in [-0.3, -0.25) is 14.4 Å². The van der Waals surface area contributed by atoms with Gasteiger partial charge in [-0.1, -0.05) is 18.2 Å². The van der Waals surface area contributed by atoms with Crippen LogP contribution in [0.15, 0.2) is 30.3 Å². The fraction of sp³-hybridized carbons (Fsp3) is 0.400. The Morgan fingerprint density at radius 2 is 1.86 bits per heavy atom. The van der Waals surface area contributed by atoms with E-state index in [1.807, 2.05) is 6.07 Å². The van der Waals surface area contributed by atoms with Crippen molar-refractivity contribution < 1.29 is 19.1 Å². The van der Waals surface area contributed by atoms with Crippen LogP contribution >= 0.6 is 0 Å². The van der Waals surface area contributed by atoms with Crippen molar-refractivity contribution in [2.75, 3.05) is 18.1 Å². The second kappa shape index (κ2) is 6.88. The van der Waals surface area contributed by atoms with Crippen molar-refractivity contribution in [3.05, 3.63) is 30.3 Å². The molecule has 0 aliphatic heterocycles. The van der Waals surface area contributed by atoms with Crippen LogP contribution in [-0.4, -0.2) is 30.9 Å². The largest absolute Gasteiger partial charge is 0.455 e. The number of primary amides is 1. The maximum atomic E-state index is 12.2. The van der Waals surface area contributed by atoms with Gasteiger partial charge in [-0.2, -0.15) is 0 Å². The molecule has 1 aliphatic rings. The molecule has 2 N–H and O–H groups in total. The van der Waals surface area contributed by atoms with E-state index in [2.05, 4.69) is 0 Å². The van der Waals surface area contributed by atoms with E-state index in [0.29, 0.717) is 5.69 Å². The zero-order chi connectivity index (χ0) is 15.2. The van der Waals surface area contributed by atoms with Crippen molar-refractivity contribution in [3.8, 4) is 0 Å². The molecule has 0 radical (unpaired) electrons. The summed E-state index contributed by atoms with van der Waals surface area (Å²) in [6, 6.07) is 8.91. The summed E-state index contributed by atoms with van der Waals surface area (Å²) < 4.78 is 4.99. The number of hydrogen-bond acceptors (Lipinski definition) is 4. The molecule has 0 heterocycles. The van der Waals surface area contributed by atoms with Gasteiger partial charge in [0.15, 0.2) is 6.61 Å². The lowest BCUT2D eigenvalue weighted by Crippen LogP contribution is -2.37. The number of hydrogen-bond donors (Lipinski definition) is 1. The number of nitrogens with zero attached hydrogens (tertiary/aromatic N) is 1. The number of anilines is 1. The Labute approximate surface area is 122 Å². The van der Waals surface area contributed by atoms with Gasteiger partial charge in [0, 0.05) is 18.7 Å². The lowest BCUT2D eigenvalue weighted by atomic mass is 10.2. The third kappa shape index (κ3) is 4.59. The summed E-state index contributed by atoms with van der Waals surface area (Å²) >= 11 is 0. The molecular weight excluding hydrogens is 272 g/mol. The molecular formula is C15H18N2O4. The molecule has 0 saturated heterocycles. The average Bonchev–Trinajstić information content (AvgIpc) is 3.30. The first-order valence-electron chi connectivity index (χ1n) is 6.88. The summed E-state index contributed by atoms with van der Waals surface area (Å²) in [4.78, 5) is 36.0. The standard InChI is InChI=1S/C15H18N2O4/c16-13(18)8-9-17(12-4-2-1-3-5-12)14(19)10-21-15(20)11-6-7-11/h1-5,11H,6-10H2,(H2,16,18). The quantitative estimate of drug-likeness (QED) is 0.754. The van der Waals surface area contributed by atoms with Gasteiger partial charge < -0.3 is 15.4 Å². The molecule has 6 heteroatoms. The van der Waals surface area contributed by atoms with Crippen LogP contribution in [0.3, 0.4) is 0 Å². The molecule has 0 aromatic heterocycles. The highest BCUT2D eigenvalue weighted by Crippen LogP contribution is 2.30. The molecule has 21 heavy (non-hydrogen) atoms. The first-order valence-corrected chi connectivity index (χ1v) is 6.88. The topological polar surface area (TPSA) is 89.7 Å². The number of carbonyl (C=O) groups is 3. The summed E-state index contributed by atoms with van der Waals surface area (Å²) in [5.74, 6) is -1.23. The van der Waals surface area contributed by atoms with E-state index >= 15 is 0 Å². The van der Waals surface area contributed by atoms with Crippen LogP contribution in [0.2, 0.25) is 0 Å². The Balaban J connectivity index is 1.97. The van der Waals surface area contributed by atoms with Crippen LogP contribution in [0.25, 0.3) is 0 Å². The monoisotopic (exact) mass is 290 g/mol. The van der Waals surface area contributed by atoms with Crippen LogP contribution in [0.1, 0.15) is 19.3 Å². The molecule has 0 unspecified atom stereocenters. The smallest absolute Gasteiger partial charge is 0.309 e. The van der Waals surface area contributed by atoms with Crippen molar-refractivity contribution in [2.45, 2.75) is 19.3 Å². The highest BCUT2D eigenvalue weighted by Gasteiger charge is 2.32. The summed E-state index contributed by atoms with van der Waals surface area (Å²) in [6.45, 7) is -0.151. The Morgan fingerprint density at radius 3 is 2.43 bits per heavy atom. The molecule has 1 aromatic carbocycles. The minimum absolute atomic E-state index is 0.0476. The molecule has 0 bridgehead atoms. The number of ether oxygens (including phenoxy) is 1. The average molecular weight is 290 g/mol. The third-order valence-corrected chi connectivity index (χ3v) is 3.20. The molecule has 1 fully saturated rings. The summed E-state index contributed by atoms with van der Waals surface area (Å²) in [6.07, 6.45) is 1.71. The highest BCUT2D eigenvalue weighted by atomic mass is 16.5. The number of esters is 1. The lowest BCUT2D eigenvalue weighted by Gasteiger charge is -2.22. The van der Waals surface area contributed by atoms with Gasteiger partial charge in [-0.15, -0.1) is 0 Å². The Bertz CT molecular complexity index is 526. The van der Waals surface area contributed by atoms with Crippen molar-refractivity contribution in [3.63, 3.8) is 0 Å². The van der Waals surface area contributed by atoms with E-state index in [0.717, 1.165) is 12.8 Å². The number of rotatable bonds is 7. The Kier molecular flexibility index (Phi) is 4.92. The SMILES string of the molecule is NC(=O)CCN(C(=O)COC(=O)C1CC1)c1ccccc1. The fourth-order valence-electron chi connectivity index (χ4n) is 1.88. The number of carbonyl (C=O) groups excluding carboxylic acids is 3. The Hall–Kier alpha value is -2.37. The van der Waals surface area contributed by atoms with Crippen LogP contribution in [0.5, 0.6) is 0 Å². The van der Waals surface area contributed by atoms with Crippen molar-refractivity contribution >= 4 is 23.5 Å². The predicted octanol–water partition coefficient (Wildman–Crippen LogP) is 0.848. The van der Waals surface area contributed by atoms with Gasteiger partial charge in [0.2, 0.25) is 5.91 Å². The Morgan fingerprint density at radius 1 is 1.19 bits per heavy atom. The first kappa shape index (κ1) is 15.0. The van der Waals surface area contributed by atoms with Gasteiger partial charge in [-0.05, 0) is 25.0 Å². The summed E-state index contributed by atoms with van der Waals surface area (Å²) in [7, 11) is 0. The van der Waals surface area contributed by atoms with Gasteiger partial charge in [0.1, 0.15) is 0 Å². The normalized spacial score (nSPS) is 13.5. The molecule has 112 valence electrons. The zero-order valence-electron chi connectivity index (χ0n) is 11.7. The van der Waals surface area contributed by atoms with Crippen LogP contribution in [-0.2, 0) is 19.1 Å². The van der Waals surface area contributed by atoms with Crippen LogP contribution < -0.4 is 10.6 Å². The van der Waals surface area contributed by atoms with Crippen LogP contribution in [0, 0.1) is 5.92 Å². The van der Waals surface area contributed by atoms with Crippen LogP contribution in [0.4, 0.5) is 5.69 Å². The van der Waals surface area contributed by atoms with E-state index < -0.39 is 5.91 Å². The molecule has 0 atom stereocenters. The minimum Gasteiger partial charge on any atom is -0.455 e. The molecule has 2 amide bonds. The maximum absolute atomic E-state index is 12.2. The van der Waals surface area contributed by atoms with Gasteiger partial charge in [-0.25, -0.2) is 0 Å². The van der Waals surface area contributed by atoms with E-state index in [9.17, 15) is 14.4 Å². The number of amides is 2. The summed E-state index contributed by atoms with van der Waals surface area (Å²) in [5, 5.41) is 0. The van der Waals surface area contributed by atoms with E-state index in [1.54, 1.807) is 24.3 Å². The predicted molar refractivity (Wildman–Crippen MR) is 76.3 cm³/mol. The molecule has 1 aliphatic carbocycles. The van der Waals surface area contributed by atoms with Crippen molar-refractivity contribution in [1.29, 1.82) is 0 Å². The van der Waals surface area contributed by atoms with Gasteiger partial charge >= 0.3 is 5.97 Å². The minimum atomic E-state index is -0.487. The summed E-state index contributed by atoms with van der Waals surface area (Å²) in [5.41, 5.74) is 5.77. The van der Waals surface area contributed by atoms with Gasteiger partial charge in [0.25, 0.3) is 5.91 Å². The van der Waals surface area contributed by atoms with Crippen molar-refractivity contribution in [2.24, 2.45) is 11.7 Å². The third-order valence-electron chi connectivity index (χ3n) is 3.20. The second-order valence-electron chi connectivity index (χ2n) is 4.98. The number of nitrogens with two attached hydrogens (primary N) is 1. The van der Waals surface area contributed by atoms with Gasteiger partial charge in [0.05, 0.1) is 5.92 Å². The van der Waals surface area contributed by atoms with E-state index in [4.69, 9.17) is 10.5 Å². The highest BCUT2D eigenvalue weighted by molar-refractivity contribution is 5.96.